The van der Waals surface area contributed by atoms with Gasteiger partial charge in [-0.2, -0.15) is 10.2 Å². The van der Waals surface area contributed by atoms with E-state index in [0.717, 1.165) is 0 Å². The molecule has 0 saturated carbocycles. The Balaban J connectivity index is 2.93. The molecule has 1 aromatic heterocycles. The van der Waals surface area contributed by atoms with Crippen LogP contribution in [0.4, 0.5) is 0 Å². The first kappa shape index (κ1) is 15.1. The SMILES string of the molecule is CCc1nnc(C)cc1C(=O)N(C)CC(C)C(=O)O. The lowest BCUT2D eigenvalue weighted by molar-refractivity contribution is -0.141. The van der Waals surface area contributed by atoms with Crippen LogP contribution in [-0.2, 0) is 11.2 Å². The van der Waals surface area contributed by atoms with E-state index in [1.807, 2.05) is 6.92 Å². The second kappa shape index (κ2) is 6.26. The predicted molar refractivity (Wildman–Crippen MR) is 69.9 cm³/mol. The number of aromatic nitrogens is 2. The summed E-state index contributed by atoms with van der Waals surface area (Å²) in [5.74, 6) is -1.74. The van der Waals surface area contributed by atoms with E-state index in [4.69, 9.17) is 5.11 Å². The predicted octanol–water partition coefficient (Wildman–Crippen LogP) is 1.14. The number of nitrogens with zero attached hydrogens (tertiary/aromatic N) is 3. The molecule has 1 aromatic rings. The Bertz CT molecular complexity index is 488. The largest absolute Gasteiger partial charge is 0.481 e. The Morgan fingerprint density at radius 1 is 1.42 bits per heavy atom. The van der Waals surface area contributed by atoms with Crippen LogP contribution in [0.25, 0.3) is 0 Å². The Kier molecular flexibility index (Phi) is 4.97. The lowest BCUT2D eigenvalue weighted by Crippen LogP contribution is -2.34. The van der Waals surface area contributed by atoms with Gasteiger partial charge in [0.05, 0.1) is 22.9 Å². The molecule has 0 radical (unpaired) electrons. The quantitative estimate of drug-likeness (QED) is 0.863. The third-order valence-electron chi connectivity index (χ3n) is 2.87. The minimum absolute atomic E-state index is 0.165. The molecule has 0 aromatic carbocycles. The second-order valence-corrected chi connectivity index (χ2v) is 4.62. The van der Waals surface area contributed by atoms with E-state index in [1.165, 1.54) is 4.90 Å². The molecule has 0 aliphatic carbocycles. The lowest BCUT2D eigenvalue weighted by atomic mass is 10.1. The van der Waals surface area contributed by atoms with Crippen LogP contribution in [0, 0.1) is 12.8 Å². The molecular formula is C13H19N3O3. The number of carboxylic acid groups (broad SMARTS) is 1. The standard InChI is InChI=1S/C13H19N3O3/c1-5-11-10(6-9(3)14-15-11)12(17)16(4)7-8(2)13(18)19/h6,8H,5,7H2,1-4H3,(H,18,19). The zero-order valence-corrected chi connectivity index (χ0v) is 11.7. The van der Waals surface area contributed by atoms with Crippen molar-refractivity contribution in [1.29, 1.82) is 0 Å². The van der Waals surface area contributed by atoms with E-state index >= 15 is 0 Å². The second-order valence-electron chi connectivity index (χ2n) is 4.62. The van der Waals surface area contributed by atoms with Gasteiger partial charge in [0.15, 0.2) is 0 Å². The maximum absolute atomic E-state index is 12.3. The third-order valence-corrected chi connectivity index (χ3v) is 2.87. The summed E-state index contributed by atoms with van der Waals surface area (Å²) in [6.45, 7) is 5.40. The summed E-state index contributed by atoms with van der Waals surface area (Å²) in [4.78, 5) is 24.5. The minimum Gasteiger partial charge on any atom is -0.481 e. The fourth-order valence-electron chi connectivity index (χ4n) is 1.74. The van der Waals surface area contributed by atoms with Gasteiger partial charge in [-0.25, -0.2) is 0 Å². The molecule has 0 fully saturated rings. The Morgan fingerprint density at radius 3 is 2.58 bits per heavy atom. The van der Waals surface area contributed by atoms with Crippen molar-refractivity contribution in [2.75, 3.05) is 13.6 Å². The van der Waals surface area contributed by atoms with Crippen LogP contribution in [0.5, 0.6) is 0 Å². The van der Waals surface area contributed by atoms with Gasteiger partial charge >= 0.3 is 5.97 Å². The number of carbonyl (C=O) groups excluding carboxylic acids is 1. The zero-order valence-electron chi connectivity index (χ0n) is 11.7. The molecule has 0 aliphatic heterocycles. The van der Waals surface area contributed by atoms with Gasteiger partial charge in [-0.05, 0) is 19.4 Å². The van der Waals surface area contributed by atoms with Crippen molar-refractivity contribution in [2.24, 2.45) is 5.92 Å². The first-order valence-electron chi connectivity index (χ1n) is 6.18. The number of hydrogen-bond acceptors (Lipinski definition) is 4. The number of aliphatic carboxylic acids is 1. The molecule has 6 heteroatoms. The van der Waals surface area contributed by atoms with Crippen LogP contribution in [0.15, 0.2) is 6.07 Å². The molecule has 19 heavy (non-hydrogen) atoms. The minimum atomic E-state index is -0.917. The number of carboxylic acids is 1. The summed E-state index contributed by atoms with van der Waals surface area (Å²) in [5, 5.41) is 16.8. The molecule has 1 rings (SSSR count). The smallest absolute Gasteiger partial charge is 0.308 e. The molecule has 1 atom stereocenters. The normalized spacial score (nSPS) is 12.0. The molecule has 0 aliphatic rings. The zero-order chi connectivity index (χ0) is 14.6. The topological polar surface area (TPSA) is 83.4 Å². The molecule has 6 nitrogen and oxygen atoms in total. The third kappa shape index (κ3) is 3.74. The molecule has 0 spiro atoms. The number of amides is 1. The van der Waals surface area contributed by atoms with E-state index in [1.54, 1.807) is 27.0 Å². The molecule has 0 saturated heterocycles. The molecular weight excluding hydrogens is 246 g/mol. The fraction of sp³-hybridized carbons (Fsp3) is 0.538. The van der Waals surface area contributed by atoms with Gasteiger partial charge in [-0.3, -0.25) is 9.59 Å². The summed E-state index contributed by atoms with van der Waals surface area (Å²) in [7, 11) is 1.59. The van der Waals surface area contributed by atoms with Crippen molar-refractivity contribution < 1.29 is 14.7 Å². The van der Waals surface area contributed by atoms with Gasteiger partial charge in [-0.15, -0.1) is 0 Å². The van der Waals surface area contributed by atoms with Crippen molar-refractivity contribution in [3.63, 3.8) is 0 Å². The summed E-state index contributed by atoms with van der Waals surface area (Å²) >= 11 is 0. The highest BCUT2D eigenvalue weighted by atomic mass is 16.4. The van der Waals surface area contributed by atoms with Gasteiger partial charge in [0.25, 0.3) is 5.91 Å². The Labute approximate surface area is 112 Å². The molecule has 104 valence electrons. The maximum atomic E-state index is 12.3. The van der Waals surface area contributed by atoms with Crippen molar-refractivity contribution in [3.8, 4) is 0 Å². The Hall–Kier alpha value is -1.98. The number of rotatable bonds is 5. The molecule has 1 amide bonds. The van der Waals surface area contributed by atoms with Crippen molar-refractivity contribution >= 4 is 11.9 Å². The first-order valence-corrected chi connectivity index (χ1v) is 6.18. The van der Waals surface area contributed by atoms with E-state index in [-0.39, 0.29) is 12.5 Å². The van der Waals surface area contributed by atoms with E-state index in [9.17, 15) is 9.59 Å². The van der Waals surface area contributed by atoms with Gasteiger partial charge in [0.2, 0.25) is 0 Å². The number of aryl methyl sites for hydroxylation is 2. The molecule has 1 N–H and O–H groups in total. The summed E-state index contributed by atoms with van der Waals surface area (Å²) < 4.78 is 0. The highest BCUT2D eigenvalue weighted by Crippen LogP contribution is 2.11. The van der Waals surface area contributed by atoms with E-state index < -0.39 is 11.9 Å². The summed E-state index contributed by atoms with van der Waals surface area (Å²) in [6, 6.07) is 1.69. The van der Waals surface area contributed by atoms with Gasteiger partial charge in [0, 0.05) is 13.6 Å². The molecule has 0 bridgehead atoms. The average molecular weight is 265 g/mol. The fourth-order valence-corrected chi connectivity index (χ4v) is 1.74. The van der Waals surface area contributed by atoms with Crippen LogP contribution < -0.4 is 0 Å². The van der Waals surface area contributed by atoms with Crippen LogP contribution in [0.3, 0.4) is 0 Å². The van der Waals surface area contributed by atoms with E-state index in [0.29, 0.717) is 23.4 Å². The van der Waals surface area contributed by atoms with Crippen molar-refractivity contribution in [2.45, 2.75) is 27.2 Å². The van der Waals surface area contributed by atoms with Crippen LogP contribution >= 0.6 is 0 Å². The molecule has 1 heterocycles. The van der Waals surface area contributed by atoms with Crippen molar-refractivity contribution in [1.82, 2.24) is 15.1 Å². The average Bonchev–Trinajstić information content (AvgIpc) is 2.37. The van der Waals surface area contributed by atoms with Gasteiger partial charge in [-0.1, -0.05) is 13.8 Å². The maximum Gasteiger partial charge on any atom is 0.308 e. The number of carbonyl (C=O) groups is 2. The first-order chi connectivity index (χ1) is 8.86. The van der Waals surface area contributed by atoms with Gasteiger partial charge in [0.1, 0.15) is 0 Å². The van der Waals surface area contributed by atoms with Crippen molar-refractivity contribution in [3.05, 3.63) is 23.0 Å². The van der Waals surface area contributed by atoms with Crippen LogP contribution in [0.2, 0.25) is 0 Å². The number of hydrogen-bond donors (Lipinski definition) is 1. The Morgan fingerprint density at radius 2 is 2.05 bits per heavy atom. The van der Waals surface area contributed by atoms with E-state index in [2.05, 4.69) is 10.2 Å². The summed E-state index contributed by atoms with van der Waals surface area (Å²) in [6.07, 6.45) is 0.608. The van der Waals surface area contributed by atoms with Gasteiger partial charge < -0.3 is 10.0 Å². The highest BCUT2D eigenvalue weighted by Gasteiger charge is 2.21. The monoisotopic (exact) mass is 265 g/mol. The van der Waals surface area contributed by atoms with Crippen LogP contribution in [-0.4, -0.2) is 45.7 Å². The highest BCUT2D eigenvalue weighted by molar-refractivity contribution is 5.95. The molecule has 1 unspecified atom stereocenters. The summed E-state index contributed by atoms with van der Waals surface area (Å²) in [5.41, 5.74) is 1.79. The lowest BCUT2D eigenvalue weighted by Gasteiger charge is -2.20. The van der Waals surface area contributed by atoms with Crippen LogP contribution in [0.1, 0.15) is 35.6 Å².